The second-order valence-corrected chi connectivity index (χ2v) is 4.41. The van der Waals surface area contributed by atoms with E-state index in [4.69, 9.17) is 9.47 Å². The summed E-state index contributed by atoms with van der Waals surface area (Å²) in [6, 6.07) is 9.15. The lowest BCUT2D eigenvalue weighted by Gasteiger charge is -2.10. The molecule has 3 nitrogen and oxygen atoms in total. The fourth-order valence-corrected chi connectivity index (χ4v) is 2.01. The van der Waals surface area contributed by atoms with Crippen molar-refractivity contribution in [3.8, 4) is 11.5 Å². The highest BCUT2D eigenvalue weighted by Crippen LogP contribution is 2.27. The Balaban J connectivity index is 2.47. The number of carbonyl (C=O) groups excluding carboxylic acids is 1. The number of halogens is 1. The van der Waals surface area contributed by atoms with Crippen LogP contribution in [0.15, 0.2) is 36.4 Å². The average molecular weight is 274 g/mol. The monoisotopic (exact) mass is 274 g/mol. The van der Waals surface area contributed by atoms with Crippen molar-refractivity contribution in [3.05, 3.63) is 58.9 Å². The van der Waals surface area contributed by atoms with Crippen LogP contribution in [0.25, 0.3) is 0 Å². The molecule has 0 saturated carbocycles. The van der Waals surface area contributed by atoms with Gasteiger partial charge in [0.1, 0.15) is 17.3 Å². The van der Waals surface area contributed by atoms with Crippen LogP contribution in [-0.4, -0.2) is 20.0 Å². The fraction of sp³-hybridized carbons (Fsp3) is 0.188. The number of hydrogen-bond acceptors (Lipinski definition) is 3. The number of aryl methyl sites for hydroxylation is 1. The number of hydrogen-bond donors (Lipinski definition) is 0. The van der Waals surface area contributed by atoms with Crippen LogP contribution in [0.4, 0.5) is 4.39 Å². The van der Waals surface area contributed by atoms with Crippen LogP contribution in [-0.2, 0) is 0 Å². The fourth-order valence-electron chi connectivity index (χ4n) is 2.01. The molecule has 0 bridgehead atoms. The van der Waals surface area contributed by atoms with E-state index in [-0.39, 0.29) is 5.78 Å². The quantitative estimate of drug-likeness (QED) is 0.802. The maximum atomic E-state index is 13.4. The number of ketones is 1. The number of benzene rings is 2. The van der Waals surface area contributed by atoms with E-state index in [0.29, 0.717) is 28.2 Å². The molecule has 20 heavy (non-hydrogen) atoms. The summed E-state index contributed by atoms with van der Waals surface area (Å²) in [6.07, 6.45) is 0. The third-order valence-corrected chi connectivity index (χ3v) is 2.96. The van der Waals surface area contributed by atoms with Gasteiger partial charge < -0.3 is 9.47 Å². The van der Waals surface area contributed by atoms with Crippen LogP contribution in [0, 0.1) is 12.7 Å². The highest BCUT2D eigenvalue weighted by atomic mass is 19.1. The third-order valence-electron chi connectivity index (χ3n) is 2.96. The van der Waals surface area contributed by atoms with E-state index in [1.165, 1.54) is 26.4 Å². The summed E-state index contributed by atoms with van der Waals surface area (Å²) in [5.74, 6) is 0.276. The Morgan fingerprint density at radius 1 is 1.05 bits per heavy atom. The Hall–Kier alpha value is -2.36. The van der Waals surface area contributed by atoms with E-state index < -0.39 is 5.82 Å². The van der Waals surface area contributed by atoms with Crippen LogP contribution in [0.2, 0.25) is 0 Å². The largest absolute Gasteiger partial charge is 0.497 e. The Morgan fingerprint density at radius 3 is 2.40 bits per heavy atom. The Bertz CT molecular complexity index is 630. The Morgan fingerprint density at radius 2 is 1.80 bits per heavy atom. The first-order valence-electron chi connectivity index (χ1n) is 6.09. The maximum Gasteiger partial charge on any atom is 0.196 e. The highest BCUT2D eigenvalue weighted by Gasteiger charge is 2.16. The van der Waals surface area contributed by atoms with Crippen molar-refractivity contribution in [2.24, 2.45) is 0 Å². The van der Waals surface area contributed by atoms with Gasteiger partial charge >= 0.3 is 0 Å². The van der Waals surface area contributed by atoms with Gasteiger partial charge in [-0.05, 0) is 42.8 Å². The lowest BCUT2D eigenvalue weighted by molar-refractivity contribution is 0.103. The standard InChI is InChI=1S/C16H15FO3/c1-10-6-11(8-12(17)7-10)16(18)14-5-4-13(19-2)9-15(14)20-3/h4-9H,1-3H3. The van der Waals surface area contributed by atoms with Gasteiger partial charge in [-0.2, -0.15) is 0 Å². The molecule has 104 valence electrons. The van der Waals surface area contributed by atoms with Crippen LogP contribution in [0.1, 0.15) is 21.5 Å². The maximum absolute atomic E-state index is 13.4. The molecule has 0 amide bonds. The number of rotatable bonds is 4. The molecule has 0 radical (unpaired) electrons. The molecular formula is C16H15FO3. The molecule has 0 fully saturated rings. The van der Waals surface area contributed by atoms with Gasteiger partial charge in [-0.15, -0.1) is 0 Å². The van der Waals surface area contributed by atoms with Crippen molar-refractivity contribution in [3.63, 3.8) is 0 Å². The lowest BCUT2D eigenvalue weighted by atomic mass is 10.0. The van der Waals surface area contributed by atoms with Crippen molar-refractivity contribution in [2.75, 3.05) is 14.2 Å². The second kappa shape index (κ2) is 5.74. The summed E-state index contributed by atoms with van der Waals surface area (Å²) in [4.78, 5) is 12.4. The summed E-state index contributed by atoms with van der Waals surface area (Å²) in [7, 11) is 3.01. The summed E-state index contributed by atoms with van der Waals surface area (Å²) < 4.78 is 23.7. The highest BCUT2D eigenvalue weighted by molar-refractivity contribution is 6.10. The van der Waals surface area contributed by atoms with Crippen LogP contribution in [0.5, 0.6) is 11.5 Å². The Labute approximate surface area is 117 Å². The summed E-state index contributed by atoms with van der Waals surface area (Å²) in [5.41, 5.74) is 1.37. The molecule has 2 rings (SSSR count). The predicted molar refractivity (Wildman–Crippen MR) is 74.1 cm³/mol. The first-order valence-corrected chi connectivity index (χ1v) is 6.09. The summed E-state index contributed by atoms with van der Waals surface area (Å²) in [5, 5.41) is 0. The molecule has 0 aliphatic carbocycles. The SMILES string of the molecule is COc1ccc(C(=O)c2cc(C)cc(F)c2)c(OC)c1. The molecule has 0 N–H and O–H groups in total. The average Bonchev–Trinajstić information content (AvgIpc) is 2.44. The van der Waals surface area contributed by atoms with Crippen LogP contribution < -0.4 is 9.47 Å². The van der Waals surface area contributed by atoms with Gasteiger partial charge in [-0.25, -0.2) is 4.39 Å². The van der Waals surface area contributed by atoms with Gasteiger partial charge in [0.2, 0.25) is 0 Å². The molecule has 0 aromatic heterocycles. The minimum absolute atomic E-state index is 0.285. The van der Waals surface area contributed by atoms with E-state index in [0.717, 1.165) is 0 Å². The van der Waals surface area contributed by atoms with Gasteiger partial charge in [-0.3, -0.25) is 4.79 Å². The van der Waals surface area contributed by atoms with Gasteiger partial charge in [0.15, 0.2) is 5.78 Å². The van der Waals surface area contributed by atoms with E-state index in [2.05, 4.69) is 0 Å². The summed E-state index contributed by atoms with van der Waals surface area (Å²) in [6.45, 7) is 1.74. The van der Waals surface area contributed by atoms with Gasteiger partial charge in [0.05, 0.1) is 19.8 Å². The lowest BCUT2D eigenvalue weighted by Crippen LogP contribution is -2.05. The molecular weight excluding hydrogens is 259 g/mol. The van der Waals surface area contributed by atoms with E-state index in [1.807, 2.05) is 0 Å². The molecule has 2 aromatic carbocycles. The van der Waals surface area contributed by atoms with Gasteiger partial charge in [0.25, 0.3) is 0 Å². The first-order chi connectivity index (χ1) is 9.55. The molecule has 0 aliphatic rings. The number of ether oxygens (including phenoxy) is 2. The van der Waals surface area contributed by atoms with E-state index in [9.17, 15) is 9.18 Å². The smallest absolute Gasteiger partial charge is 0.196 e. The zero-order valence-corrected chi connectivity index (χ0v) is 11.6. The van der Waals surface area contributed by atoms with Crippen LogP contribution in [0.3, 0.4) is 0 Å². The Kier molecular flexibility index (Phi) is 4.03. The first kappa shape index (κ1) is 14.1. The van der Waals surface area contributed by atoms with Crippen molar-refractivity contribution in [2.45, 2.75) is 6.92 Å². The van der Waals surface area contributed by atoms with Gasteiger partial charge in [-0.1, -0.05) is 0 Å². The molecule has 0 unspecified atom stereocenters. The van der Waals surface area contributed by atoms with Gasteiger partial charge in [0, 0.05) is 11.6 Å². The van der Waals surface area contributed by atoms with Crippen molar-refractivity contribution < 1.29 is 18.7 Å². The second-order valence-electron chi connectivity index (χ2n) is 4.41. The summed E-state index contributed by atoms with van der Waals surface area (Å²) >= 11 is 0. The molecule has 0 saturated heterocycles. The van der Waals surface area contributed by atoms with Crippen LogP contribution >= 0.6 is 0 Å². The zero-order valence-electron chi connectivity index (χ0n) is 11.6. The minimum atomic E-state index is -0.430. The predicted octanol–water partition coefficient (Wildman–Crippen LogP) is 3.38. The van der Waals surface area contributed by atoms with Crippen molar-refractivity contribution in [1.82, 2.24) is 0 Å². The third kappa shape index (κ3) is 2.79. The topological polar surface area (TPSA) is 35.5 Å². The molecule has 0 heterocycles. The number of methoxy groups -OCH3 is 2. The molecule has 0 aliphatic heterocycles. The normalized spacial score (nSPS) is 10.2. The molecule has 0 atom stereocenters. The number of carbonyl (C=O) groups is 1. The van der Waals surface area contributed by atoms with E-state index in [1.54, 1.807) is 31.2 Å². The van der Waals surface area contributed by atoms with Crippen molar-refractivity contribution in [1.29, 1.82) is 0 Å². The minimum Gasteiger partial charge on any atom is -0.497 e. The molecule has 2 aromatic rings. The molecule has 4 heteroatoms. The zero-order chi connectivity index (χ0) is 14.7. The van der Waals surface area contributed by atoms with Crippen molar-refractivity contribution >= 4 is 5.78 Å². The molecule has 0 spiro atoms. The van der Waals surface area contributed by atoms with E-state index >= 15 is 0 Å².